The lowest BCUT2D eigenvalue weighted by Crippen LogP contribution is -2.00. The van der Waals surface area contributed by atoms with Gasteiger partial charge in [-0.05, 0) is 30.5 Å². The SMILES string of the molecule is COc1cc(CC=O)ccc1OCCCCCCCl. The predicted octanol–water partition coefficient (Wildman–Crippen LogP) is 3.61. The Morgan fingerprint density at radius 2 is 1.95 bits per heavy atom. The third-order valence-corrected chi connectivity index (χ3v) is 3.10. The van der Waals surface area contributed by atoms with Crippen molar-refractivity contribution in [3.63, 3.8) is 0 Å². The van der Waals surface area contributed by atoms with Crippen LogP contribution in [0.15, 0.2) is 18.2 Å². The third kappa shape index (κ3) is 5.97. The molecule has 106 valence electrons. The molecule has 3 nitrogen and oxygen atoms in total. The van der Waals surface area contributed by atoms with Crippen LogP contribution in [0.3, 0.4) is 0 Å². The fourth-order valence-electron chi connectivity index (χ4n) is 1.79. The zero-order valence-corrected chi connectivity index (χ0v) is 12.1. The van der Waals surface area contributed by atoms with E-state index in [1.54, 1.807) is 7.11 Å². The Morgan fingerprint density at radius 1 is 1.16 bits per heavy atom. The maximum atomic E-state index is 10.5. The summed E-state index contributed by atoms with van der Waals surface area (Å²) in [4.78, 5) is 10.5. The summed E-state index contributed by atoms with van der Waals surface area (Å²) in [5.74, 6) is 2.14. The summed E-state index contributed by atoms with van der Waals surface area (Å²) in [7, 11) is 1.60. The van der Waals surface area contributed by atoms with E-state index in [1.165, 1.54) is 0 Å². The molecule has 4 heteroatoms. The molecule has 0 unspecified atom stereocenters. The molecule has 0 atom stereocenters. The molecule has 0 saturated carbocycles. The van der Waals surface area contributed by atoms with Crippen LogP contribution in [-0.4, -0.2) is 25.9 Å². The van der Waals surface area contributed by atoms with Crippen LogP contribution in [0.5, 0.6) is 11.5 Å². The number of benzene rings is 1. The Morgan fingerprint density at radius 3 is 2.63 bits per heavy atom. The van der Waals surface area contributed by atoms with E-state index in [9.17, 15) is 4.79 Å². The highest BCUT2D eigenvalue weighted by Gasteiger charge is 2.05. The minimum absolute atomic E-state index is 0.398. The van der Waals surface area contributed by atoms with Gasteiger partial charge in [0.1, 0.15) is 6.29 Å². The van der Waals surface area contributed by atoms with Crippen LogP contribution >= 0.6 is 11.6 Å². The Bertz CT molecular complexity index is 380. The maximum absolute atomic E-state index is 10.5. The number of methoxy groups -OCH3 is 1. The maximum Gasteiger partial charge on any atom is 0.161 e. The number of hydrogen-bond donors (Lipinski definition) is 0. The smallest absolute Gasteiger partial charge is 0.161 e. The lowest BCUT2D eigenvalue weighted by molar-refractivity contribution is -0.107. The molecular weight excluding hydrogens is 264 g/mol. The summed E-state index contributed by atoms with van der Waals surface area (Å²) >= 11 is 5.62. The van der Waals surface area contributed by atoms with Crippen LogP contribution in [0.2, 0.25) is 0 Å². The van der Waals surface area contributed by atoms with Gasteiger partial charge in [0, 0.05) is 12.3 Å². The van der Waals surface area contributed by atoms with Crippen LogP contribution in [0, 0.1) is 0 Å². The Labute approximate surface area is 119 Å². The number of unbranched alkanes of at least 4 members (excludes halogenated alkanes) is 3. The zero-order chi connectivity index (χ0) is 13.9. The summed E-state index contributed by atoms with van der Waals surface area (Å²) in [5, 5.41) is 0. The third-order valence-electron chi connectivity index (χ3n) is 2.83. The van der Waals surface area contributed by atoms with Crippen molar-refractivity contribution in [3.8, 4) is 11.5 Å². The van der Waals surface area contributed by atoms with E-state index in [1.807, 2.05) is 18.2 Å². The zero-order valence-electron chi connectivity index (χ0n) is 11.4. The van der Waals surface area contributed by atoms with Gasteiger partial charge in [0.05, 0.1) is 13.7 Å². The van der Waals surface area contributed by atoms with E-state index < -0.39 is 0 Å². The molecule has 19 heavy (non-hydrogen) atoms. The first-order valence-corrected chi connectivity index (χ1v) is 7.14. The van der Waals surface area contributed by atoms with Crippen molar-refractivity contribution in [3.05, 3.63) is 23.8 Å². The van der Waals surface area contributed by atoms with Gasteiger partial charge in [0.2, 0.25) is 0 Å². The summed E-state index contributed by atoms with van der Waals surface area (Å²) in [5.41, 5.74) is 0.932. The number of hydrogen-bond acceptors (Lipinski definition) is 3. The standard InChI is InChI=1S/C15H21ClO3/c1-18-15-12-13(8-10-17)6-7-14(15)19-11-5-3-2-4-9-16/h6-7,10,12H,2-5,8-9,11H2,1H3. The van der Waals surface area contributed by atoms with E-state index in [0.717, 1.165) is 49.2 Å². The van der Waals surface area contributed by atoms with Crippen molar-refractivity contribution >= 4 is 17.9 Å². The molecule has 0 fully saturated rings. The molecule has 0 bridgehead atoms. The summed E-state index contributed by atoms with van der Waals surface area (Å²) in [6.45, 7) is 0.672. The highest BCUT2D eigenvalue weighted by atomic mass is 35.5. The number of ether oxygens (including phenoxy) is 2. The largest absolute Gasteiger partial charge is 0.493 e. The molecule has 0 heterocycles. The summed E-state index contributed by atoms with van der Waals surface area (Å²) < 4.78 is 11.0. The minimum atomic E-state index is 0.398. The average Bonchev–Trinajstić information content (AvgIpc) is 2.44. The van der Waals surface area contributed by atoms with Gasteiger partial charge in [-0.25, -0.2) is 0 Å². The van der Waals surface area contributed by atoms with E-state index in [4.69, 9.17) is 21.1 Å². The molecule has 0 aliphatic rings. The van der Waals surface area contributed by atoms with Crippen molar-refractivity contribution in [2.24, 2.45) is 0 Å². The van der Waals surface area contributed by atoms with Crippen LogP contribution in [-0.2, 0) is 11.2 Å². The molecule has 0 spiro atoms. The molecule has 0 aliphatic carbocycles. The van der Waals surface area contributed by atoms with Crippen LogP contribution in [0.4, 0.5) is 0 Å². The van der Waals surface area contributed by atoms with Crippen molar-refractivity contribution < 1.29 is 14.3 Å². The van der Waals surface area contributed by atoms with Gasteiger partial charge >= 0.3 is 0 Å². The molecule has 0 radical (unpaired) electrons. The van der Waals surface area contributed by atoms with E-state index >= 15 is 0 Å². The first kappa shape index (κ1) is 15.8. The molecule has 1 aromatic rings. The Hall–Kier alpha value is -1.22. The van der Waals surface area contributed by atoms with Gasteiger partial charge in [-0.3, -0.25) is 0 Å². The topological polar surface area (TPSA) is 35.5 Å². The number of alkyl halides is 1. The van der Waals surface area contributed by atoms with E-state index in [2.05, 4.69) is 0 Å². The lowest BCUT2D eigenvalue weighted by atomic mass is 10.1. The fraction of sp³-hybridized carbons (Fsp3) is 0.533. The number of carbonyl (C=O) groups excluding carboxylic acids is 1. The Kier molecular flexibility index (Phi) is 8.07. The van der Waals surface area contributed by atoms with Crippen LogP contribution in [0.25, 0.3) is 0 Å². The van der Waals surface area contributed by atoms with Crippen molar-refractivity contribution in [1.29, 1.82) is 0 Å². The summed E-state index contributed by atoms with van der Waals surface area (Å²) in [6, 6.07) is 5.59. The van der Waals surface area contributed by atoms with Crippen LogP contribution in [0.1, 0.15) is 31.2 Å². The van der Waals surface area contributed by atoms with Gasteiger partial charge in [-0.2, -0.15) is 0 Å². The quantitative estimate of drug-likeness (QED) is 0.374. The van der Waals surface area contributed by atoms with Crippen molar-refractivity contribution in [2.75, 3.05) is 19.6 Å². The second kappa shape index (κ2) is 9.68. The Balaban J connectivity index is 2.42. The number of aldehydes is 1. The second-order valence-electron chi connectivity index (χ2n) is 4.31. The number of rotatable bonds is 10. The molecule has 0 aromatic heterocycles. The molecule has 0 aliphatic heterocycles. The van der Waals surface area contributed by atoms with Gasteiger partial charge in [0.15, 0.2) is 11.5 Å². The first-order chi connectivity index (χ1) is 9.31. The van der Waals surface area contributed by atoms with Crippen molar-refractivity contribution in [2.45, 2.75) is 32.1 Å². The second-order valence-corrected chi connectivity index (χ2v) is 4.69. The first-order valence-electron chi connectivity index (χ1n) is 6.61. The molecule has 0 N–H and O–H groups in total. The van der Waals surface area contributed by atoms with Gasteiger partial charge in [-0.1, -0.05) is 18.9 Å². The molecule has 0 saturated heterocycles. The van der Waals surface area contributed by atoms with Crippen LogP contribution < -0.4 is 9.47 Å². The predicted molar refractivity (Wildman–Crippen MR) is 77.4 cm³/mol. The van der Waals surface area contributed by atoms with Crippen molar-refractivity contribution in [1.82, 2.24) is 0 Å². The summed E-state index contributed by atoms with van der Waals surface area (Å²) in [6.07, 6.45) is 5.61. The van der Waals surface area contributed by atoms with E-state index in [-0.39, 0.29) is 0 Å². The molecule has 1 rings (SSSR count). The average molecular weight is 285 g/mol. The van der Waals surface area contributed by atoms with Gasteiger partial charge in [-0.15, -0.1) is 11.6 Å². The highest BCUT2D eigenvalue weighted by molar-refractivity contribution is 6.17. The van der Waals surface area contributed by atoms with Gasteiger partial charge < -0.3 is 14.3 Å². The monoisotopic (exact) mass is 284 g/mol. The molecule has 0 amide bonds. The normalized spacial score (nSPS) is 10.2. The van der Waals surface area contributed by atoms with Gasteiger partial charge in [0.25, 0.3) is 0 Å². The number of carbonyl (C=O) groups is 1. The highest BCUT2D eigenvalue weighted by Crippen LogP contribution is 2.28. The number of halogens is 1. The molecule has 1 aromatic carbocycles. The lowest BCUT2D eigenvalue weighted by Gasteiger charge is -2.11. The van der Waals surface area contributed by atoms with E-state index in [0.29, 0.717) is 18.8 Å². The molecular formula is C15H21ClO3. The minimum Gasteiger partial charge on any atom is -0.493 e. The fourth-order valence-corrected chi connectivity index (χ4v) is 1.98.